The molecule has 0 bridgehead atoms. The van der Waals surface area contributed by atoms with Crippen LogP contribution in [0, 0.1) is 5.92 Å². The van der Waals surface area contributed by atoms with E-state index in [1.165, 1.54) is 57.9 Å². The molecule has 1 saturated carbocycles. The molecule has 0 aromatic carbocycles. The number of aliphatic hydroxyl groups is 1. The molecule has 16 heavy (non-hydrogen) atoms. The first kappa shape index (κ1) is 12.4. The van der Waals surface area contributed by atoms with Gasteiger partial charge < -0.3 is 5.11 Å². The Labute approximate surface area is 100 Å². The van der Waals surface area contributed by atoms with Gasteiger partial charge in [0.05, 0.1) is 6.61 Å². The van der Waals surface area contributed by atoms with Crippen molar-refractivity contribution in [2.24, 2.45) is 5.92 Å². The Hall–Kier alpha value is -0.0800. The smallest absolute Gasteiger partial charge is 0.0586 e. The molecule has 94 valence electrons. The van der Waals surface area contributed by atoms with Gasteiger partial charge in [0.1, 0.15) is 0 Å². The van der Waals surface area contributed by atoms with Gasteiger partial charge in [0.15, 0.2) is 0 Å². The van der Waals surface area contributed by atoms with Crippen molar-refractivity contribution in [3.8, 4) is 0 Å². The maximum Gasteiger partial charge on any atom is 0.0586 e. The van der Waals surface area contributed by atoms with Crippen molar-refractivity contribution in [2.45, 2.75) is 70.4 Å². The highest BCUT2D eigenvalue weighted by Gasteiger charge is 2.30. The Kier molecular flexibility index (Phi) is 4.66. The molecule has 2 heteroatoms. The van der Waals surface area contributed by atoms with E-state index in [1.54, 1.807) is 0 Å². The van der Waals surface area contributed by atoms with Crippen molar-refractivity contribution in [1.29, 1.82) is 0 Å². The number of rotatable bonds is 2. The highest BCUT2D eigenvalue weighted by Crippen LogP contribution is 2.30. The van der Waals surface area contributed by atoms with Gasteiger partial charge in [-0.15, -0.1) is 0 Å². The lowest BCUT2D eigenvalue weighted by atomic mass is 9.85. The number of likely N-dealkylation sites (tertiary alicyclic amines) is 1. The van der Waals surface area contributed by atoms with Gasteiger partial charge in [-0.1, -0.05) is 32.6 Å². The second-order valence-corrected chi connectivity index (χ2v) is 5.85. The largest absolute Gasteiger partial charge is 0.395 e. The molecule has 0 amide bonds. The summed E-state index contributed by atoms with van der Waals surface area (Å²) >= 11 is 0. The van der Waals surface area contributed by atoms with E-state index in [-0.39, 0.29) is 0 Å². The fourth-order valence-corrected chi connectivity index (χ4v) is 3.58. The van der Waals surface area contributed by atoms with Crippen LogP contribution in [0.3, 0.4) is 0 Å². The summed E-state index contributed by atoms with van der Waals surface area (Å²) in [6, 6.07) is 1.22. The number of hydrogen-bond donors (Lipinski definition) is 1. The van der Waals surface area contributed by atoms with Crippen molar-refractivity contribution in [3.05, 3.63) is 0 Å². The summed E-state index contributed by atoms with van der Waals surface area (Å²) in [5.74, 6) is 0.890. The van der Waals surface area contributed by atoms with Crippen LogP contribution in [0.15, 0.2) is 0 Å². The predicted octanol–water partition coefficient (Wildman–Crippen LogP) is 2.80. The minimum atomic E-state index is 0.366. The molecule has 1 saturated heterocycles. The fraction of sp³-hybridized carbons (Fsp3) is 1.00. The second-order valence-electron chi connectivity index (χ2n) is 5.85. The molecule has 1 aliphatic heterocycles. The Bertz CT molecular complexity index is 207. The molecule has 0 spiro atoms. The normalized spacial score (nSPS) is 38.2. The third kappa shape index (κ3) is 2.98. The summed E-state index contributed by atoms with van der Waals surface area (Å²) < 4.78 is 0. The summed E-state index contributed by atoms with van der Waals surface area (Å²) in [4.78, 5) is 2.64. The van der Waals surface area contributed by atoms with E-state index in [1.807, 2.05) is 0 Å². The molecule has 2 fully saturated rings. The Balaban J connectivity index is 1.97. The number of aliphatic hydroxyl groups excluding tert-OH is 1. The van der Waals surface area contributed by atoms with Gasteiger partial charge in [-0.2, -0.15) is 0 Å². The van der Waals surface area contributed by atoms with Gasteiger partial charge in [0.2, 0.25) is 0 Å². The average Bonchev–Trinajstić information content (AvgIpc) is 2.53. The molecular weight excluding hydrogens is 198 g/mol. The van der Waals surface area contributed by atoms with E-state index in [4.69, 9.17) is 0 Å². The summed E-state index contributed by atoms with van der Waals surface area (Å²) in [5, 5.41) is 9.54. The topological polar surface area (TPSA) is 23.5 Å². The van der Waals surface area contributed by atoms with Crippen LogP contribution in [0.5, 0.6) is 0 Å². The van der Waals surface area contributed by atoms with Gasteiger partial charge in [0, 0.05) is 12.1 Å². The van der Waals surface area contributed by atoms with Crippen molar-refractivity contribution in [1.82, 2.24) is 4.90 Å². The minimum Gasteiger partial charge on any atom is -0.395 e. The van der Waals surface area contributed by atoms with Crippen molar-refractivity contribution < 1.29 is 5.11 Å². The molecule has 0 aromatic heterocycles. The van der Waals surface area contributed by atoms with Crippen molar-refractivity contribution >= 4 is 0 Å². The standard InChI is InChI=1S/C14H27NO/c1-12-6-5-8-13(10-12)15-9-4-2-3-7-14(15)11-16/h12-14,16H,2-11H2,1H3. The Morgan fingerprint density at radius 3 is 2.69 bits per heavy atom. The average molecular weight is 225 g/mol. The quantitative estimate of drug-likeness (QED) is 0.781. The minimum absolute atomic E-state index is 0.366. The van der Waals surface area contributed by atoms with E-state index in [9.17, 15) is 5.11 Å². The molecule has 0 aromatic rings. The van der Waals surface area contributed by atoms with E-state index < -0.39 is 0 Å². The molecule has 0 radical (unpaired) electrons. The molecule has 2 rings (SSSR count). The molecule has 2 aliphatic rings. The van der Waals surface area contributed by atoms with E-state index in [0.29, 0.717) is 12.6 Å². The Morgan fingerprint density at radius 1 is 1.06 bits per heavy atom. The maximum atomic E-state index is 9.54. The van der Waals surface area contributed by atoms with Crippen molar-refractivity contribution in [2.75, 3.05) is 13.2 Å². The highest BCUT2D eigenvalue weighted by molar-refractivity contribution is 4.84. The zero-order valence-electron chi connectivity index (χ0n) is 10.7. The monoisotopic (exact) mass is 225 g/mol. The third-order valence-electron chi connectivity index (χ3n) is 4.51. The first-order valence-electron chi connectivity index (χ1n) is 7.18. The van der Waals surface area contributed by atoms with Gasteiger partial charge >= 0.3 is 0 Å². The zero-order chi connectivity index (χ0) is 11.4. The van der Waals surface area contributed by atoms with Crippen LogP contribution in [-0.4, -0.2) is 35.2 Å². The lowest BCUT2D eigenvalue weighted by Crippen LogP contribution is -2.46. The maximum absolute atomic E-state index is 9.54. The third-order valence-corrected chi connectivity index (χ3v) is 4.51. The van der Waals surface area contributed by atoms with Crippen LogP contribution in [-0.2, 0) is 0 Å². The van der Waals surface area contributed by atoms with Crippen LogP contribution in [0.25, 0.3) is 0 Å². The van der Waals surface area contributed by atoms with Crippen LogP contribution in [0.4, 0.5) is 0 Å². The summed E-state index contributed by atoms with van der Waals surface area (Å²) in [7, 11) is 0. The molecule has 3 unspecified atom stereocenters. The Morgan fingerprint density at radius 2 is 1.94 bits per heavy atom. The van der Waals surface area contributed by atoms with E-state index in [2.05, 4.69) is 11.8 Å². The summed E-state index contributed by atoms with van der Waals surface area (Å²) in [5.41, 5.74) is 0. The van der Waals surface area contributed by atoms with E-state index >= 15 is 0 Å². The van der Waals surface area contributed by atoms with Gasteiger partial charge in [-0.05, 0) is 38.1 Å². The van der Waals surface area contributed by atoms with Crippen LogP contribution in [0.2, 0.25) is 0 Å². The van der Waals surface area contributed by atoms with Gasteiger partial charge in [-0.25, -0.2) is 0 Å². The lowest BCUT2D eigenvalue weighted by Gasteiger charge is -2.40. The number of hydrogen-bond acceptors (Lipinski definition) is 2. The SMILES string of the molecule is CC1CCCC(N2CCCCCC2CO)C1. The zero-order valence-corrected chi connectivity index (χ0v) is 10.7. The second kappa shape index (κ2) is 6.02. The fourth-order valence-electron chi connectivity index (χ4n) is 3.58. The molecule has 1 heterocycles. The number of nitrogens with zero attached hydrogens (tertiary/aromatic N) is 1. The van der Waals surface area contributed by atoms with Gasteiger partial charge in [-0.3, -0.25) is 4.90 Å². The molecule has 1 aliphatic carbocycles. The van der Waals surface area contributed by atoms with Gasteiger partial charge in [0.25, 0.3) is 0 Å². The molecule has 2 nitrogen and oxygen atoms in total. The van der Waals surface area contributed by atoms with Crippen molar-refractivity contribution in [3.63, 3.8) is 0 Å². The van der Waals surface area contributed by atoms with Crippen LogP contribution >= 0.6 is 0 Å². The molecular formula is C14H27NO. The molecule has 3 atom stereocenters. The first-order valence-corrected chi connectivity index (χ1v) is 7.18. The van der Waals surface area contributed by atoms with Crippen LogP contribution < -0.4 is 0 Å². The van der Waals surface area contributed by atoms with Crippen LogP contribution in [0.1, 0.15) is 58.3 Å². The summed E-state index contributed by atoms with van der Waals surface area (Å²) in [6.07, 6.45) is 10.7. The highest BCUT2D eigenvalue weighted by atomic mass is 16.3. The van der Waals surface area contributed by atoms with E-state index in [0.717, 1.165) is 12.0 Å². The molecule has 1 N–H and O–H groups in total. The lowest BCUT2D eigenvalue weighted by molar-refractivity contribution is 0.0569. The first-order chi connectivity index (χ1) is 7.81. The predicted molar refractivity (Wildman–Crippen MR) is 67.5 cm³/mol. The summed E-state index contributed by atoms with van der Waals surface area (Å²) in [6.45, 7) is 3.98.